The molecule has 1 rings (SSSR count). The third-order valence-electron chi connectivity index (χ3n) is 3.54. The number of nitro benzene ring substituents is 1. The van der Waals surface area contributed by atoms with Crippen LogP contribution in [0.2, 0.25) is 0 Å². The summed E-state index contributed by atoms with van der Waals surface area (Å²) < 4.78 is 4.95. The number of aliphatic hydroxyl groups is 1. The van der Waals surface area contributed by atoms with Gasteiger partial charge in [-0.05, 0) is 24.5 Å². The molecule has 2 N–H and O–H groups in total. The van der Waals surface area contributed by atoms with Gasteiger partial charge in [0.1, 0.15) is 0 Å². The number of rotatable bonds is 8. The Kier molecular flexibility index (Phi) is 5.91. The molecule has 0 aromatic heterocycles. The Labute approximate surface area is 118 Å². The molecule has 0 fully saturated rings. The van der Waals surface area contributed by atoms with Crippen molar-refractivity contribution in [3.05, 3.63) is 33.9 Å². The van der Waals surface area contributed by atoms with Crippen LogP contribution in [0.4, 0.5) is 5.69 Å². The second-order valence-corrected chi connectivity index (χ2v) is 4.80. The first-order valence-corrected chi connectivity index (χ1v) is 6.70. The summed E-state index contributed by atoms with van der Waals surface area (Å²) >= 11 is 0. The SMILES string of the molecule is CCC(O)(CC)CNCc1ccc(OC)c([N+](=O)[O-])c1. The first-order chi connectivity index (χ1) is 9.45. The van der Waals surface area contributed by atoms with E-state index in [1.165, 1.54) is 13.2 Å². The number of nitro groups is 1. The third kappa shape index (κ3) is 4.18. The van der Waals surface area contributed by atoms with Crippen molar-refractivity contribution < 1.29 is 14.8 Å². The van der Waals surface area contributed by atoms with Gasteiger partial charge in [0.2, 0.25) is 0 Å². The maximum Gasteiger partial charge on any atom is 0.311 e. The predicted octanol–water partition coefficient (Wildman–Crippen LogP) is 2.24. The summed E-state index contributed by atoms with van der Waals surface area (Å²) in [6.45, 7) is 4.79. The Morgan fingerprint density at radius 3 is 2.55 bits per heavy atom. The lowest BCUT2D eigenvalue weighted by Gasteiger charge is -2.25. The number of benzene rings is 1. The molecule has 0 radical (unpaired) electrons. The number of hydrogen-bond donors (Lipinski definition) is 2. The first-order valence-electron chi connectivity index (χ1n) is 6.70. The van der Waals surface area contributed by atoms with Crippen molar-refractivity contribution in [2.75, 3.05) is 13.7 Å². The van der Waals surface area contributed by atoms with E-state index in [0.717, 1.165) is 5.56 Å². The topological polar surface area (TPSA) is 84.6 Å². The van der Waals surface area contributed by atoms with Crippen LogP contribution < -0.4 is 10.1 Å². The van der Waals surface area contributed by atoms with E-state index in [1.807, 2.05) is 13.8 Å². The molecular formula is C14H22N2O4. The normalized spacial score (nSPS) is 11.4. The smallest absolute Gasteiger partial charge is 0.311 e. The molecule has 0 bridgehead atoms. The number of methoxy groups -OCH3 is 1. The van der Waals surface area contributed by atoms with Gasteiger partial charge in [-0.2, -0.15) is 0 Å². The average molecular weight is 282 g/mol. The molecule has 0 unspecified atom stereocenters. The minimum Gasteiger partial charge on any atom is -0.490 e. The van der Waals surface area contributed by atoms with Crippen LogP contribution in [0.1, 0.15) is 32.3 Å². The molecule has 0 spiro atoms. The fraction of sp³-hybridized carbons (Fsp3) is 0.571. The lowest BCUT2D eigenvalue weighted by atomic mass is 9.97. The van der Waals surface area contributed by atoms with E-state index in [2.05, 4.69) is 5.32 Å². The highest BCUT2D eigenvalue weighted by molar-refractivity contribution is 5.48. The molecule has 6 heteroatoms. The Bertz CT molecular complexity index is 458. The van der Waals surface area contributed by atoms with Crippen LogP contribution in [0.15, 0.2) is 18.2 Å². The molecule has 0 aliphatic carbocycles. The van der Waals surface area contributed by atoms with Crippen LogP contribution in [0.5, 0.6) is 5.75 Å². The molecular weight excluding hydrogens is 260 g/mol. The molecule has 1 aromatic rings. The Morgan fingerprint density at radius 2 is 2.05 bits per heavy atom. The van der Waals surface area contributed by atoms with Gasteiger partial charge in [0.05, 0.1) is 17.6 Å². The summed E-state index contributed by atoms with van der Waals surface area (Å²) in [6.07, 6.45) is 1.33. The second-order valence-electron chi connectivity index (χ2n) is 4.80. The second kappa shape index (κ2) is 7.21. The van der Waals surface area contributed by atoms with E-state index in [0.29, 0.717) is 25.9 Å². The summed E-state index contributed by atoms with van der Waals surface area (Å²) in [5.74, 6) is 0.248. The van der Waals surface area contributed by atoms with Crippen molar-refractivity contribution in [3.63, 3.8) is 0 Å². The van der Waals surface area contributed by atoms with Crippen molar-refractivity contribution in [2.45, 2.75) is 38.8 Å². The van der Waals surface area contributed by atoms with Gasteiger partial charge in [-0.1, -0.05) is 19.9 Å². The largest absolute Gasteiger partial charge is 0.490 e. The highest BCUT2D eigenvalue weighted by Gasteiger charge is 2.21. The quantitative estimate of drug-likeness (QED) is 0.564. The van der Waals surface area contributed by atoms with Crippen molar-refractivity contribution >= 4 is 5.69 Å². The zero-order chi connectivity index (χ0) is 15.2. The van der Waals surface area contributed by atoms with Gasteiger partial charge < -0.3 is 15.2 Å². The highest BCUT2D eigenvalue weighted by atomic mass is 16.6. The molecule has 0 heterocycles. The maximum atomic E-state index is 10.9. The van der Waals surface area contributed by atoms with Gasteiger partial charge in [0, 0.05) is 19.2 Å². The van der Waals surface area contributed by atoms with Crippen molar-refractivity contribution in [3.8, 4) is 5.75 Å². The van der Waals surface area contributed by atoms with E-state index < -0.39 is 10.5 Å². The molecule has 0 atom stereocenters. The van der Waals surface area contributed by atoms with Crippen molar-refractivity contribution in [1.82, 2.24) is 5.32 Å². The summed E-state index contributed by atoms with van der Waals surface area (Å²) in [5.41, 5.74) is 0.0124. The van der Waals surface area contributed by atoms with Crippen LogP contribution in [-0.2, 0) is 6.54 Å². The molecule has 0 amide bonds. The Morgan fingerprint density at radius 1 is 1.40 bits per heavy atom. The number of ether oxygens (including phenoxy) is 1. The van der Waals surface area contributed by atoms with Gasteiger partial charge in [0.15, 0.2) is 5.75 Å². The molecule has 112 valence electrons. The summed E-state index contributed by atoms with van der Waals surface area (Å²) in [7, 11) is 1.41. The molecule has 0 saturated carbocycles. The maximum absolute atomic E-state index is 10.9. The summed E-state index contributed by atoms with van der Waals surface area (Å²) in [4.78, 5) is 10.5. The molecule has 0 aliphatic heterocycles. The first kappa shape index (κ1) is 16.4. The van der Waals surface area contributed by atoms with E-state index in [1.54, 1.807) is 12.1 Å². The molecule has 20 heavy (non-hydrogen) atoms. The van der Waals surface area contributed by atoms with Crippen LogP contribution >= 0.6 is 0 Å². The minimum atomic E-state index is -0.724. The fourth-order valence-electron chi connectivity index (χ4n) is 1.93. The Balaban J connectivity index is 2.70. The van der Waals surface area contributed by atoms with Crippen LogP contribution in [-0.4, -0.2) is 29.3 Å². The monoisotopic (exact) mass is 282 g/mol. The van der Waals surface area contributed by atoms with Crippen molar-refractivity contribution in [2.24, 2.45) is 0 Å². The van der Waals surface area contributed by atoms with Gasteiger partial charge in [-0.25, -0.2) is 0 Å². The zero-order valence-electron chi connectivity index (χ0n) is 12.2. The van der Waals surface area contributed by atoms with Gasteiger partial charge in [-0.3, -0.25) is 10.1 Å². The summed E-state index contributed by atoms with van der Waals surface area (Å²) in [6, 6.07) is 4.85. The van der Waals surface area contributed by atoms with E-state index in [4.69, 9.17) is 4.74 Å². The lowest BCUT2D eigenvalue weighted by Crippen LogP contribution is -2.39. The van der Waals surface area contributed by atoms with Gasteiger partial charge in [0.25, 0.3) is 0 Å². The van der Waals surface area contributed by atoms with Crippen LogP contribution in [0, 0.1) is 10.1 Å². The predicted molar refractivity (Wildman–Crippen MR) is 76.9 cm³/mol. The number of hydrogen-bond acceptors (Lipinski definition) is 5. The highest BCUT2D eigenvalue weighted by Crippen LogP contribution is 2.27. The van der Waals surface area contributed by atoms with E-state index in [9.17, 15) is 15.2 Å². The molecule has 0 aliphatic rings. The van der Waals surface area contributed by atoms with Crippen LogP contribution in [0.3, 0.4) is 0 Å². The van der Waals surface area contributed by atoms with E-state index in [-0.39, 0.29) is 11.4 Å². The summed E-state index contributed by atoms with van der Waals surface area (Å²) in [5, 5.41) is 24.2. The zero-order valence-corrected chi connectivity index (χ0v) is 12.2. The average Bonchev–Trinajstić information content (AvgIpc) is 2.46. The van der Waals surface area contributed by atoms with Crippen molar-refractivity contribution in [1.29, 1.82) is 0 Å². The lowest BCUT2D eigenvalue weighted by molar-refractivity contribution is -0.385. The standard InChI is InChI=1S/C14H22N2O4/c1-4-14(17,5-2)10-15-9-11-6-7-13(20-3)12(8-11)16(18)19/h6-8,15,17H,4-5,9-10H2,1-3H3. The third-order valence-corrected chi connectivity index (χ3v) is 3.54. The molecule has 6 nitrogen and oxygen atoms in total. The van der Waals surface area contributed by atoms with Gasteiger partial charge in [-0.15, -0.1) is 0 Å². The van der Waals surface area contributed by atoms with Gasteiger partial charge >= 0.3 is 5.69 Å². The Hall–Kier alpha value is -1.66. The van der Waals surface area contributed by atoms with E-state index >= 15 is 0 Å². The van der Waals surface area contributed by atoms with Crippen LogP contribution in [0.25, 0.3) is 0 Å². The fourth-order valence-corrected chi connectivity index (χ4v) is 1.93. The minimum absolute atomic E-state index is 0.0481. The molecule has 0 saturated heterocycles. The number of nitrogens with one attached hydrogen (secondary N) is 1. The molecule has 1 aromatic carbocycles. The number of nitrogens with zero attached hydrogens (tertiary/aromatic N) is 1.